The molecule has 3 rings (SSSR count). The SMILES string of the molecule is CCOCc1cccc(NC(=O)c2ncn(-c3ccccc3)n2)c1. The molecule has 0 saturated heterocycles. The van der Waals surface area contributed by atoms with Crippen molar-refractivity contribution in [3.63, 3.8) is 0 Å². The van der Waals surface area contributed by atoms with Crippen LogP contribution < -0.4 is 5.32 Å². The van der Waals surface area contributed by atoms with E-state index in [9.17, 15) is 4.79 Å². The standard InChI is InChI=1S/C18H18N4O2/c1-2-24-12-14-7-6-8-15(11-14)20-18(23)17-19-13-22(21-17)16-9-4-3-5-10-16/h3-11,13H,2,12H2,1H3,(H,20,23). The van der Waals surface area contributed by atoms with E-state index in [2.05, 4.69) is 15.4 Å². The van der Waals surface area contributed by atoms with Crippen molar-refractivity contribution in [1.29, 1.82) is 0 Å². The van der Waals surface area contributed by atoms with Crippen LogP contribution in [0.5, 0.6) is 0 Å². The number of aromatic nitrogens is 3. The van der Waals surface area contributed by atoms with Gasteiger partial charge >= 0.3 is 0 Å². The number of hydrogen-bond acceptors (Lipinski definition) is 4. The third-order valence-electron chi connectivity index (χ3n) is 3.37. The van der Waals surface area contributed by atoms with Gasteiger partial charge in [0.05, 0.1) is 12.3 Å². The third kappa shape index (κ3) is 3.85. The topological polar surface area (TPSA) is 69.0 Å². The van der Waals surface area contributed by atoms with Gasteiger partial charge in [0.15, 0.2) is 0 Å². The summed E-state index contributed by atoms with van der Waals surface area (Å²) >= 11 is 0. The Bertz CT molecular complexity index is 815. The number of nitrogens with one attached hydrogen (secondary N) is 1. The smallest absolute Gasteiger partial charge is 0.295 e. The van der Waals surface area contributed by atoms with Crippen molar-refractivity contribution in [2.75, 3.05) is 11.9 Å². The fourth-order valence-corrected chi connectivity index (χ4v) is 2.22. The number of nitrogens with zero attached hydrogens (tertiary/aromatic N) is 3. The lowest BCUT2D eigenvalue weighted by atomic mass is 10.2. The van der Waals surface area contributed by atoms with Gasteiger partial charge in [-0.05, 0) is 36.8 Å². The second-order valence-corrected chi connectivity index (χ2v) is 5.14. The summed E-state index contributed by atoms with van der Waals surface area (Å²) in [5.41, 5.74) is 2.54. The zero-order valence-corrected chi connectivity index (χ0v) is 13.3. The Kier molecular flexibility index (Phi) is 4.98. The van der Waals surface area contributed by atoms with Gasteiger partial charge in [-0.15, -0.1) is 5.10 Å². The van der Waals surface area contributed by atoms with Gasteiger partial charge in [0.1, 0.15) is 6.33 Å². The molecule has 0 bridgehead atoms. The zero-order valence-electron chi connectivity index (χ0n) is 13.3. The van der Waals surface area contributed by atoms with E-state index in [0.717, 1.165) is 11.3 Å². The first kappa shape index (κ1) is 15.9. The minimum absolute atomic E-state index is 0.120. The summed E-state index contributed by atoms with van der Waals surface area (Å²) in [6.07, 6.45) is 1.52. The molecule has 0 fully saturated rings. The van der Waals surface area contributed by atoms with Crippen molar-refractivity contribution in [1.82, 2.24) is 14.8 Å². The van der Waals surface area contributed by atoms with E-state index < -0.39 is 0 Å². The Morgan fingerprint density at radius 1 is 1.17 bits per heavy atom. The number of rotatable bonds is 6. The molecule has 6 nitrogen and oxygen atoms in total. The van der Waals surface area contributed by atoms with Crippen molar-refractivity contribution < 1.29 is 9.53 Å². The Morgan fingerprint density at radius 3 is 2.79 bits per heavy atom. The average Bonchev–Trinajstić information content (AvgIpc) is 3.11. The largest absolute Gasteiger partial charge is 0.377 e. The minimum atomic E-state index is -0.349. The fraction of sp³-hybridized carbons (Fsp3) is 0.167. The molecule has 0 aliphatic carbocycles. The number of carbonyl (C=O) groups excluding carboxylic acids is 1. The third-order valence-corrected chi connectivity index (χ3v) is 3.37. The number of benzene rings is 2. The van der Waals surface area contributed by atoms with Gasteiger partial charge in [-0.1, -0.05) is 30.3 Å². The van der Waals surface area contributed by atoms with Crippen LogP contribution in [0.1, 0.15) is 23.1 Å². The second kappa shape index (κ2) is 7.52. The summed E-state index contributed by atoms with van der Waals surface area (Å²) in [6.45, 7) is 3.11. The van der Waals surface area contributed by atoms with Crippen LogP contribution in [-0.2, 0) is 11.3 Å². The van der Waals surface area contributed by atoms with Crippen LogP contribution in [0.15, 0.2) is 60.9 Å². The number of hydrogen-bond donors (Lipinski definition) is 1. The lowest BCUT2D eigenvalue weighted by molar-refractivity contribution is 0.101. The first-order valence-electron chi connectivity index (χ1n) is 7.71. The molecule has 1 amide bonds. The molecule has 1 N–H and O–H groups in total. The van der Waals surface area contributed by atoms with Crippen molar-refractivity contribution >= 4 is 11.6 Å². The lowest BCUT2D eigenvalue weighted by Crippen LogP contribution is -2.14. The summed E-state index contributed by atoms with van der Waals surface area (Å²) in [5, 5.41) is 7.02. The highest BCUT2D eigenvalue weighted by Crippen LogP contribution is 2.13. The van der Waals surface area contributed by atoms with Gasteiger partial charge in [-0.25, -0.2) is 9.67 Å². The van der Waals surface area contributed by atoms with E-state index >= 15 is 0 Å². The molecule has 0 atom stereocenters. The Morgan fingerprint density at radius 2 is 2.00 bits per heavy atom. The van der Waals surface area contributed by atoms with Gasteiger partial charge in [0, 0.05) is 12.3 Å². The summed E-state index contributed by atoms with van der Waals surface area (Å²) in [6, 6.07) is 17.0. The summed E-state index contributed by atoms with van der Waals surface area (Å²) in [4.78, 5) is 16.4. The minimum Gasteiger partial charge on any atom is -0.377 e. The monoisotopic (exact) mass is 322 g/mol. The molecule has 6 heteroatoms. The zero-order chi connectivity index (χ0) is 16.8. The number of ether oxygens (including phenoxy) is 1. The van der Waals surface area contributed by atoms with Crippen LogP contribution >= 0.6 is 0 Å². The van der Waals surface area contributed by atoms with Gasteiger partial charge < -0.3 is 10.1 Å². The summed E-state index contributed by atoms with van der Waals surface area (Å²) in [5.74, 6) is -0.229. The first-order valence-corrected chi connectivity index (χ1v) is 7.71. The number of amides is 1. The van der Waals surface area contributed by atoms with Crippen LogP contribution in [0.4, 0.5) is 5.69 Å². The van der Waals surface area contributed by atoms with Gasteiger partial charge in [0.2, 0.25) is 5.82 Å². The van der Waals surface area contributed by atoms with E-state index in [-0.39, 0.29) is 11.7 Å². The van der Waals surface area contributed by atoms with Crippen LogP contribution in [0.3, 0.4) is 0 Å². The van der Waals surface area contributed by atoms with Crippen LogP contribution in [-0.4, -0.2) is 27.3 Å². The van der Waals surface area contributed by atoms with E-state index in [1.807, 2.05) is 61.5 Å². The molecule has 0 aliphatic rings. The van der Waals surface area contributed by atoms with Crippen LogP contribution in [0, 0.1) is 0 Å². The second-order valence-electron chi connectivity index (χ2n) is 5.14. The molecular formula is C18H18N4O2. The summed E-state index contributed by atoms with van der Waals surface area (Å²) < 4.78 is 6.95. The molecule has 122 valence electrons. The molecule has 0 aliphatic heterocycles. The lowest BCUT2D eigenvalue weighted by Gasteiger charge is -2.06. The van der Waals surface area contributed by atoms with Crippen molar-refractivity contribution in [3.8, 4) is 5.69 Å². The summed E-state index contributed by atoms with van der Waals surface area (Å²) in [7, 11) is 0. The first-order chi connectivity index (χ1) is 11.8. The molecule has 1 heterocycles. The van der Waals surface area contributed by atoms with Crippen LogP contribution in [0.2, 0.25) is 0 Å². The van der Waals surface area contributed by atoms with Gasteiger partial charge in [0.25, 0.3) is 5.91 Å². The fourth-order valence-electron chi connectivity index (χ4n) is 2.22. The van der Waals surface area contributed by atoms with E-state index in [1.165, 1.54) is 6.33 Å². The maximum absolute atomic E-state index is 12.3. The Labute approximate surface area is 140 Å². The molecule has 2 aromatic carbocycles. The molecule has 0 unspecified atom stereocenters. The molecule has 0 spiro atoms. The maximum Gasteiger partial charge on any atom is 0.295 e. The molecule has 3 aromatic rings. The Hall–Kier alpha value is -2.99. The quantitative estimate of drug-likeness (QED) is 0.757. The van der Waals surface area contributed by atoms with Crippen molar-refractivity contribution in [3.05, 3.63) is 72.3 Å². The van der Waals surface area contributed by atoms with Gasteiger partial charge in [-0.2, -0.15) is 0 Å². The Balaban J connectivity index is 1.70. The van der Waals surface area contributed by atoms with Crippen molar-refractivity contribution in [2.24, 2.45) is 0 Å². The molecule has 1 aromatic heterocycles. The average molecular weight is 322 g/mol. The van der Waals surface area contributed by atoms with Crippen LogP contribution in [0.25, 0.3) is 5.69 Å². The normalized spacial score (nSPS) is 10.5. The molecule has 0 saturated carbocycles. The number of anilines is 1. The highest BCUT2D eigenvalue weighted by atomic mass is 16.5. The predicted molar refractivity (Wildman–Crippen MR) is 91.1 cm³/mol. The highest BCUT2D eigenvalue weighted by Gasteiger charge is 2.12. The van der Waals surface area contributed by atoms with E-state index in [1.54, 1.807) is 4.68 Å². The molecular weight excluding hydrogens is 304 g/mol. The number of para-hydroxylation sites is 1. The highest BCUT2D eigenvalue weighted by molar-refractivity contribution is 6.01. The van der Waals surface area contributed by atoms with Gasteiger partial charge in [-0.3, -0.25) is 4.79 Å². The predicted octanol–water partition coefficient (Wildman–Crippen LogP) is 3.06. The van der Waals surface area contributed by atoms with E-state index in [4.69, 9.17) is 4.74 Å². The number of carbonyl (C=O) groups is 1. The maximum atomic E-state index is 12.3. The van der Waals surface area contributed by atoms with Crippen molar-refractivity contribution in [2.45, 2.75) is 13.5 Å². The van der Waals surface area contributed by atoms with E-state index in [0.29, 0.717) is 18.9 Å². The molecule has 24 heavy (non-hydrogen) atoms. The molecule has 0 radical (unpaired) electrons.